The largest absolute Gasteiger partial charge is 0.453 e. The Hall–Kier alpha value is -5.78. The molecule has 4 aromatic rings. The molecule has 1 aromatic heterocycles. The molecule has 3 N–H and O–H groups in total. The van der Waals surface area contributed by atoms with E-state index < -0.39 is 24.2 Å². The number of nitrogens with zero attached hydrogens (tertiary/aromatic N) is 3. The normalized spacial score (nSPS) is 17.5. The molecular formula is C40H44N6O6. The number of benzene rings is 3. The highest BCUT2D eigenvalue weighted by molar-refractivity contribution is 6.00. The zero-order chi connectivity index (χ0) is 36.8. The Balaban J connectivity index is 1.07. The van der Waals surface area contributed by atoms with Crippen LogP contribution in [0.3, 0.4) is 0 Å². The number of ether oxygens (including phenoxy) is 1. The first-order chi connectivity index (χ1) is 25.1. The summed E-state index contributed by atoms with van der Waals surface area (Å²) in [5.74, 6) is -0.711. The van der Waals surface area contributed by atoms with Crippen molar-refractivity contribution in [3.05, 3.63) is 90.6 Å². The van der Waals surface area contributed by atoms with Crippen molar-refractivity contribution in [2.75, 3.05) is 30.8 Å². The molecule has 3 unspecified atom stereocenters. The van der Waals surface area contributed by atoms with Crippen molar-refractivity contribution in [1.82, 2.24) is 20.1 Å². The second-order valence-electron chi connectivity index (χ2n) is 13.6. The van der Waals surface area contributed by atoms with Crippen molar-refractivity contribution in [2.45, 2.75) is 64.1 Å². The van der Waals surface area contributed by atoms with Gasteiger partial charge in [0.1, 0.15) is 23.9 Å². The van der Waals surface area contributed by atoms with Crippen LogP contribution in [0.15, 0.2) is 85.1 Å². The number of anilines is 2. The molecule has 2 aliphatic heterocycles. The lowest BCUT2D eigenvalue weighted by Gasteiger charge is -2.30. The number of alkyl carbamates (subject to hydrolysis) is 1. The molecule has 0 radical (unpaired) electrons. The van der Waals surface area contributed by atoms with E-state index in [4.69, 9.17) is 0 Å². The van der Waals surface area contributed by atoms with Crippen LogP contribution in [0.25, 0.3) is 21.9 Å². The lowest BCUT2D eigenvalue weighted by Crippen LogP contribution is -2.54. The van der Waals surface area contributed by atoms with Crippen molar-refractivity contribution in [1.29, 1.82) is 0 Å². The number of rotatable bonds is 10. The fraction of sp³-hybridized carbons (Fsp3) is 0.350. The molecule has 52 heavy (non-hydrogen) atoms. The number of nitrogens with one attached hydrogen (secondary N) is 3. The number of likely N-dealkylation sites (tertiary alicyclic amines) is 2. The summed E-state index contributed by atoms with van der Waals surface area (Å²) in [6, 6.07) is 22.9. The smallest absolute Gasteiger partial charge is 0.407 e. The molecule has 3 atom stereocenters. The van der Waals surface area contributed by atoms with Crippen LogP contribution in [0.2, 0.25) is 0 Å². The molecule has 2 saturated heterocycles. The van der Waals surface area contributed by atoms with Gasteiger partial charge in [0.15, 0.2) is 0 Å². The quantitative estimate of drug-likeness (QED) is 0.201. The van der Waals surface area contributed by atoms with E-state index in [0.29, 0.717) is 43.9 Å². The third-order valence-corrected chi connectivity index (χ3v) is 9.76. The van der Waals surface area contributed by atoms with Crippen LogP contribution in [0.4, 0.5) is 16.3 Å². The molecule has 0 spiro atoms. The minimum Gasteiger partial charge on any atom is -0.453 e. The predicted octanol–water partition coefficient (Wildman–Crippen LogP) is 5.38. The molecule has 5 amide bonds. The molecule has 0 bridgehead atoms. The number of fused-ring (bicyclic) bond motifs is 1. The minimum absolute atomic E-state index is 0.0432. The van der Waals surface area contributed by atoms with E-state index in [2.05, 4.69) is 25.7 Å². The molecule has 0 saturated carbocycles. The minimum atomic E-state index is -0.809. The van der Waals surface area contributed by atoms with Gasteiger partial charge >= 0.3 is 6.09 Å². The van der Waals surface area contributed by atoms with Crippen LogP contribution < -0.4 is 16.0 Å². The highest BCUT2D eigenvalue weighted by atomic mass is 16.5. The Labute approximate surface area is 302 Å². The highest BCUT2D eigenvalue weighted by Gasteiger charge is 2.39. The number of methoxy groups -OCH3 is 1. The number of hydrogen-bond acceptors (Lipinski definition) is 7. The van der Waals surface area contributed by atoms with E-state index in [-0.39, 0.29) is 36.0 Å². The first-order valence-electron chi connectivity index (χ1n) is 17.7. The van der Waals surface area contributed by atoms with E-state index in [9.17, 15) is 24.0 Å². The van der Waals surface area contributed by atoms with Gasteiger partial charge < -0.3 is 30.5 Å². The van der Waals surface area contributed by atoms with Gasteiger partial charge in [0, 0.05) is 30.5 Å². The van der Waals surface area contributed by atoms with Crippen LogP contribution in [0, 0.1) is 5.92 Å². The Bertz CT molecular complexity index is 1950. The topological polar surface area (TPSA) is 150 Å². The van der Waals surface area contributed by atoms with Gasteiger partial charge in [-0.1, -0.05) is 62.4 Å². The van der Waals surface area contributed by atoms with Crippen molar-refractivity contribution in [3.8, 4) is 11.1 Å². The first kappa shape index (κ1) is 36.0. The summed E-state index contributed by atoms with van der Waals surface area (Å²) >= 11 is 0. The van der Waals surface area contributed by atoms with Gasteiger partial charge in [-0.05, 0) is 83.8 Å². The van der Waals surface area contributed by atoms with Crippen molar-refractivity contribution in [2.24, 2.45) is 5.92 Å². The van der Waals surface area contributed by atoms with Crippen molar-refractivity contribution < 1.29 is 28.7 Å². The Morgan fingerprint density at radius 2 is 1.44 bits per heavy atom. The Kier molecular flexibility index (Phi) is 11.1. The Morgan fingerprint density at radius 3 is 2.13 bits per heavy atom. The molecule has 12 heteroatoms. The van der Waals surface area contributed by atoms with Crippen LogP contribution in [0.1, 0.15) is 45.1 Å². The standard InChI is InChI=1S/C40H44N6O6/c1-25(2)36(44-40(51)52-3)39(50)46-20-8-12-33(46)38(49)43-34-18-16-30(24-41-34)28-13-14-29-23-31(17-15-27(29)22-28)42-37(48)32-11-7-19-45(32)35(47)21-26-9-5-4-6-10-26/h4-6,9-10,13-18,22-25,32-33,36H,7-8,11-12,19-21H2,1-3H3,(H,42,48)(H,44,51)(H,41,43,49). The molecule has 2 fully saturated rings. The average Bonchev–Trinajstić information content (AvgIpc) is 3.85. The summed E-state index contributed by atoms with van der Waals surface area (Å²) in [6.45, 7) is 4.64. The van der Waals surface area contributed by atoms with Crippen molar-refractivity contribution >= 4 is 52.0 Å². The van der Waals surface area contributed by atoms with Gasteiger partial charge in [-0.25, -0.2) is 9.78 Å². The zero-order valence-electron chi connectivity index (χ0n) is 29.6. The SMILES string of the molecule is COC(=O)NC(C(=O)N1CCCC1C(=O)Nc1ccc(-c2ccc3cc(NC(=O)C4CCCN4C(=O)Cc4ccccc4)ccc3c2)cn1)C(C)C. The molecule has 2 aliphatic rings. The maximum absolute atomic E-state index is 13.3. The molecule has 270 valence electrons. The van der Waals surface area contributed by atoms with E-state index in [1.165, 1.54) is 12.0 Å². The number of hydrogen-bond donors (Lipinski definition) is 3. The summed E-state index contributed by atoms with van der Waals surface area (Å²) in [4.78, 5) is 72.5. The number of carbonyl (C=O) groups is 5. The number of pyridine rings is 1. The van der Waals surface area contributed by atoms with Crippen LogP contribution in [-0.2, 0) is 30.3 Å². The van der Waals surface area contributed by atoms with Gasteiger partial charge in [-0.3, -0.25) is 19.2 Å². The maximum atomic E-state index is 13.3. The molecule has 12 nitrogen and oxygen atoms in total. The molecule has 3 heterocycles. The monoisotopic (exact) mass is 704 g/mol. The molecule has 0 aliphatic carbocycles. The van der Waals surface area contributed by atoms with E-state index in [1.54, 1.807) is 17.2 Å². The second kappa shape index (κ2) is 16.1. The molecule has 3 aromatic carbocycles. The fourth-order valence-corrected chi connectivity index (χ4v) is 6.97. The fourth-order valence-electron chi connectivity index (χ4n) is 6.97. The number of aromatic nitrogens is 1. The van der Waals surface area contributed by atoms with Gasteiger partial charge in [-0.2, -0.15) is 0 Å². The highest BCUT2D eigenvalue weighted by Crippen LogP contribution is 2.28. The summed E-state index contributed by atoms with van der Waals surface area (Å²) in [7, 11) is 1.24. The summed E-state index contributed by atoms with van der Waals surface area (Å²) in [5, 5.41) is 10.4. The maximum Gasteiger partial charge on any atom is 0.407 e. The lowest BCUT2D eigenvalue weighted by molar-refractivity contribution is -0.139. The summed E-state index contributed by atoms with van der Waals surface area (Å²) < 4.78 is 4.68. The number of amides is 5. The van der Waals surface area contributed by atoms with Crippen molar-refractivity contribution in [3.63, 3.8) is 0 Å². The summed E-state index contributed by atoms with van der Waals surface area (Å²) in [5.41, 5.74) is 3.37. The Morgan fingerprint density at radius 1 is 0.788 bits per heavy atom. The van der Waals surface area contributed by atoms with Gasteiger partial charge in [0.2, 0.25) is 23.6 Å². The third kappa shape index (κ3) is 8.22. The van der Waals surface area contributed by atoms with Crippen LogP contribution in [-0.4, -0.2) is 82.8 Å². The first-order valence-corrected chi connectivity index (χ1v) is 17.7. The van der Waals surface area contributed by atoms with Crippen LogP contribution >= 0.6 is 0 Å². The third-order valence-electron chi connectivity index (χ3n) is 9.76. The predicted molar refractivity (Wildman–Crippen MR) is 198 cm³/mol. The second-order valence-corrected chi connectivity index (χ2v) is 13.6. The lowest BCUT2D eigenvalue weighted by atomic mass is 10.0. The van der Waals surface area contributed by atoms with E-state index in [0.717, 1.165) is 33.9 Å². The average molecular weight is 705 g/mol. The van der Waals surface area contributed by atoms with E-state index in [1.807, 2.05) is 86.6 Å². The van der Waals surface area contributed by atoms with Gasteiger partial charge in [0.05, 0.1) is 13.5 Å². The van der Waals surface area contributed by atoms with Gasteiger partial charge in [-0.15, -0.1) is 0 Å². The van der Waals surface area contributed by atoms with Gasteiger partial charge in [0.25, 0.3) is 0 Å². The zero-order valence-corrected chi connectivity index (χ0v) is 29.6. The van der Waals surface area contributed by atoms with Crippen LogP contribution in [0.5, 0.6) is 0 Å². The summed E-state index contributed by atoms with van der Waals surface area (Å²) in [6.07, 6.45) is 3.86. The molecule has 6 rings (SSSR count). The molecular weight excluding hydrogens is 660 g/mol. The van der Waals surface area contributed by atoms with E-state index >= 15 is 0 Å². The number of carbonyl (C=O) groups excluding carboxylic acids is 5.